The lowest BCUT2D eigenvalue weighted by Gasteiger charge is -1.95. The standard InChI is InChI=1S/C10H10O2/c1-7-3-2-4-9-10(7)8(5-11)6-12-9/h2-4,6,11H,5H2,1H3. The van der Waals surface area contributed by atoms with Gasteiger partial charge in [-0.15, -0.1) is 0 Å². The fourth-order valence-corrected chi connectivity index (χ4v) is 1.46. The van der Waals surface area contributed by atoms with Crippen molar-refractivity contribution in [3.8, 4) is 0 Å². The first-order valence-electron chi connectivity index (χ1n) is 3.89. The third-order valence-corrected chi connectivity index (χ3v) is 2.05. The molecule has 0 fully saturated rings. The van der Waals surface area contributed by atoms with E-state index in [2.05, 4.69) is 0 Å². The van der Waals surface area contributed by atoms with E-state index in [1.54, 1.807) is 6.26 Å². The van der Waals surface area contributed by atoms with Gasteiger partial charge < -0.3 is 9.52 Å². The van der Waals surface area contributed by atoms with Crippen LogP contribution in [0.15, 0.2) is 28.9 Å². The zero-order chi connectivity index (χ0) is 8.55. The summed E-state index contributed by atoms with van der Waals surface area (Å²) in [6.45, 7) is 2.05. The number of furan rings is 1. The van der Waals surface area contributed by atoms with Crippen molar-refractivity contribution in [1.82, 2.24) is 0 Å². The molecule has 2 aromatic rings. The highest BCUT2D eigenvalue weighted by molar-refractivity contribution is 5.84. The number of rotatable bonds is 1. The molecule has 1 N–H and O–H groups in total. The largest absolute Gasteiger partial charge is 0.464 e. The van der Waals surface area contributed by atoms with Crippen LogP contribution < -0.4 is 0 Å². The molecule has 0 atom stereocenters. The molecule has 1 heterocycles. The summed E-state index contributed by atoms with van der Waals surface area (Å²) >= 11 is 0. The molecule has 0 unspecified atom stereocenters. The summed E-state index contributed by atoms with van der Waals surface area (Å²) in [5, 5.41) is 10.0. The van der Waals surface area contributed by atoms with Crippen molar-refractivity contribution in [2.75, 3.05) is 0 Å². The van der Waals surface area contributed by atoms with E-state index in [0.29, 0.717) is 0 Å². The first kappa shape index (κ1) is 7.37. The van der Waals surface area contributed by atoms with Crippen LogP contribution in [-0.2, 0) is 6.61 Å². The molecule has 0 aliphatic rings. The van der Waals surface area contributed by atoms with Gasteiger partial charge in [-0.2, -0.15) is 0 Å². The van der Waals surface area contributed by atoms with Gasteiger partial charge in [0.05, 0.1) is 12.9 Å². The van der Waals surface area contributed by atoms with Gasteiger partial charge in [0.1, 0.15) is 5.58 Å². The topological polar surface area (TPSA) is 33.4 Å². The number of hydrogen-bond donors (Lipinski definition) is 1. The highest BCUT2D eigenvalue weighted by atomic mass is 16.3. The van der Waals surface area contributed by atoms with Gasteiger partial charge in [0.25, 0.3) is 0 Å². The van der Waals surface area contributed by atoms with E-state index in [-0.39, 0.29) is 6.61 Å². The highest BCUT2D eigenvalue weighted by Gasteiger charge is 2.05. The summed E-state index contributed by atoms with van der Waals surface area (Å²) in [4.78, 5) is 0. The molecular formula is C10H10O2. The van der Waals surface area contributed by atoms with Crippen molar-refractivity contribution < 1.29 is 9.52 Å². The maximum atomic E-state index is 8.99. The molecule has 0 radical (unpaired) electrons. The van der Waals surface area contributed by atoms with Crippen molar-refractivity contribution in [3.05, 3.63) is 35.6 Å². The predicted octanol–water partition coefficient (Wildman–Crippen LogP) is 2.23. The molecule has 0 amide bonds. The highest BCUT2D eigenvalue weighted by Crippen LogP contribution is 2.24. The van der Waals surface area contributed by atoms with Crippen LogP contribution in [0.1, 0.15) is 11.1 Å². The molecular weight excluding hydrogens is 152 g/mol. The minimum atomic E-state index is 0.0395. The molecule has 0 aliphatic carbocycles. The fraction of sp³-hybridized carbons (Fsp3) is 0.200. The molecule has 1 aromatic heterocycles. The summed E-state index contributed by atoms with van der Waals surface area (Å²) in [5.41, 5.74) is 2.85. The normalized spacial score (nSPS) is 10.8. The van der Waals surface area contributed by atoms with Crippen molar-refractivity contribution in [2.24, 2.45) is 0 Å². The Morgan fingerprint density at radius 1 is 1.42 bits per heavy atom. The first-order chi connectivity index (χ1) is 5.83. The van der Waals surface area contributed by atoms with E-state index < -0.39 is 0 Å². The Kier molecular flexibility index (Phi) is 1.62. The third-order valence-electron chi connectivity index (χ3n) is 2.05. The maximum Gasteiger partial charge on any atom is 0.134 e. The predicted molar refractivity (Wildman–Crippen MR) is 46.9 cm³/mol. The molecule has 2 heteroatoms. The van der Waals surface area contributed by atoms with E-state index in [1.807, 2.05) is 25.1 Å². The quantitative estimate of drug-likeness (QED) is 0.697. The Morgan fingerprint density at radius 3 is 3.00 bits per heavy atom. The van der Waals surface area contributed by atoms with E-state index >= 15 is 0 Å². The molecule has 0 saturated carbocycles. The number of aliphatic hydroxyl groups is 1. The molecule has 0 spiro atoms. The summed E-state index contributed by atoms with van der Waals surface area (Å²) in [6.07, 6.45) is 1.61. The fourth-order valence-electron chi connectivity index (χ4n) is 1.46. The zero-order valence-electron chi connectivity index (χ0n) is 6.87. The lowest BCUT2D eigenvalue weighted by atomic mass is 10.1. The van der Waals surface area contributed by atoms with Gasteiger partial charge in [-0.25, -0.2) is 0 Å². The summed E-state index contributed by atoms with van der Waals surface area (Å²) in [7, 11) is 0. The minimum Gasteiger partial charge on any atom is -0.464 e. The SMILES string of the molecule is Cc1cccc2occ(CO)c12. The molecule has 0 bridgehead atoms. The third kappa shape index (κ3) is 0.924. The van der Waals surface area contributed by atoms with Crippen LogP contribution in [0.4, 0.5) is 0 Å². The molecule has 0 saturated heterocycles. The summed E-state index contributed by atoms with van der Waals surface area (Å²) < 4.78 is 5.26. The summed E-state index contributed by atoms with van der Waals surface area (Å²) in [5.74, 6) is 0. The smallest absolute Gasteiger partial charge is 0.134 e. The van der Waals surface area contributed by atoms with Gasteiger partial charge in [0.15, 0.2) is 0 Å². The van der Waals surface area contributed by atoms with Crippen LogP contribution in [0.2, 0.25) is 0 Å². The summed E-state index contributed by atoms with van der Waals surface area (Å²) in [6, 6.07) is 5.86. The molecule has 1 aromatic carbocycles. The van der Waals surface area contributed by atoms with Crippen molar-refractivity contribution in [3.63, 3.8) is 0 Å². The van der Waals surface area contributed by atoms with Crippen LogP contribution in [-0.4, -0.2) is 5.11 Å². The van der Waals surface area contributed by atoms with Gasteiger partial charge in [-0.1, -0.05) is 12.1 Å². The molecule has 12 heavy (non-hydrogen) atoms. The van der Waals surface area contributed by atoms with Crippen LogP contribution in [0, 0.1) is 6.92 Å². The Morgan fingerprint density at radius 2 is 2.25 bits per heavy atom. The zero-order valence-corrected chi connectivity index (χ0v) is 6.87. The Balaban J connectivity index is 2.83. The van der Waals surface area contributed by atoms with Crippen LogP contribution in [0.3, 0.4) is 0 Å². The second-order valence-electron chi connectivity index (χ2n) is 2.87. The number of aryl methyl sites for hydroxylation is 1. The Labute approximate surface area is 70.4 Å². The second kappa shape index (κ2) is 2.64. The Bertz CT molecular complexity index is 401. The average molecular weight is 162 g/mol. The monoisotopic (exact) mass is 162 g/mol. The number of hydrogen-bond acceptors (Lipinski definition) is 2. The molecule has 0 aliphatic heterocycles. The lowest BCUT2D eigenvalue weighted by Crippen LogP contribution is -1.81. The average Bonchev–Trinajstić information content (AvgIpc) is 2.49. The van der Waals surface area contributed by atoms with Crippen molar-refractivity contribution >= 4 is 11.0 Å². The first-order valence-corrected chi connectivity index (χ1v) is 3.89. The second-order valence-corrected chi connectivity index (χ2v) is 2.87. The number of benzene rings is 1. The molecule has 62 valence electrons. The maximum absolute atomic E-state index is 8.99. The van der Waals surface area contributed by atoms with E-state index in [4.69, 9.17) is 9.52 Å². The van der Waals surface area contributed by atoms with Crippen molar-refractivity contribution in [1.29, 1.82) is 0 Å². The number of fused-ring (bicyclic) bond motifs is 1. The van der Waals surface area contributed by atoms with Gasteiger partial charge in [-0.3, -0.25) is 0 Å². The minimum absolute atomic E-state index is 0.0395. The van der Waals surface area contributed by atoms with E-state index in [1.165, 1.54) is 0 Å². The number of aliphatic hydroxyl groups excluding tert-OH is 1. The van der Waals surface area contributed by atoms with Gasteiger partial charge in [0.2, 0.25) is 0 Å². The van der Waals surface area contributed by atoms with Crippen LogP contribution in [0.25, 0.3) is 11.0 Å². The van der Waals surface area contributed by atoms with Crippen molar-refractivity contribution in [2.45, 2.75) is 13.5 Å². The van der Waals surface area contributed by atoms with Gasteiger partial charge >= 0.3 is 0 Å². The lowest BCUT2D eigenvalue weighted by molar-refractivity contribution is 0.281. The molecule has 2 nitrogen and oxygen atoms in total. The van der Waals surface area contributed by atoms with Gasteiger partial charge in [0, 0.05) is 10.9 Å². The van der Waals surface area contributed by atoms with Gasteiger partial charge in [-0.05, 0) is 18.6 Å². The van der Waals surface area contributed by atoms with Crippen LogP contribution >= 0.6 is 0 Å². The molecule has 2 rings (SSSR count). The van der Waals surface area contributed by atoms with E-state index in [9.17, 15) is 0 Å². The van der Waals surface area contributed by atoms with E-state index in [0.717, 1.165) is 22.1 Å². The van der Waals surface area contributed by atoms with Crippen LogP contribution in [0.5, 0.6) is 0 Å². The Hall–Kier alpha value is -1.28.